The Bertz CT molecular complexity index is 981. The monoisotopic (exact) mass is 397 g/mol. The van der Waals surface area contributed by atoms with Crippen LogP contribution >= 0.6 is 0 Å². The van der Waals surface area contributed by atoms with Crippen molar-refractivity contribution in [3.63, 3.8) is 0 Å². The molecule has 0 aliphatic heterocycles. The molecule has 1 atom stereocenters. The number of aryl methyl sites for hydroxylation is 3. The van der Waals surface area contributed by atoms with Crippen molar-refractivity contribution in [1.29, 1.82) is 0 Å². The standard InChI is InChI=1S/C23H31N3O3/c1-7-19-18(8-9-21(24-19)29-11-10-27-5)22-15(2)12-20-23(25-22)16(3)13-26(20)17(4)14-28-6/h8-9,12-13,17H,7,10-11,14H2,1-6H3/t17-/m0/s1. The first-order chi connectivity index (χ1) is 14.0. The second-order valence-corrected chi connectivity index (χ2v) is 7.38. The molecule has 156 valence electrons. The van der Waals surface area contributed by atoms with Crippen molar-refractivity contribution in [1.82, 2.24) is 14.5 Å². The van der Waals surface area contributed by atoms with Crippen LogP contribution in [0, 0.1) is 13.8 Å². The largest absolute Gasteiger partial charge is 0.475 e. The van der Waals surface area contributed by atoms with Crippen molar-refractivity contribution >= 4 is 11.0 Å². The molecule has 0 bridgehead atoms. The summed E-state index contributed by atoms with van der Waals surface area (Å²) in [6.45, 7) is 10.2. The predicted octanol–water partition coefficient (Wildman–Crippen LogP) is 4.51. The number of fused-ring (bicyclic) bond motifs is 1. The third kappa shape index (κ3) is 4.43. The molecular formula is C23H31N3O3. The van der Waals surface area contributed by atoms with E-state index in [1.807, 2.05) is 6.07 Å². The fourth-order valence-electron chi connectivity index (χ4n) is 3.66. The lowest BCUT2D eigenvalue weighted by molar-refractivity contribution is 0.143. The maximum atomic E-state index is 5.68. The van der Waals surface area contributed by atoms with Crippen LogP contribution in [-0.2, 0) is 15.9 Å². The molecule has 0 aliphatic carbocycles. The summed E-state index contributed by atoms with van der Waals surface area (Å²) in [6.07, 6.45) is 2.97. The van der Waals surface area contributed by atoms with E-state index in [1.165, 1.54) is 0 Å². The number of aromatic nitrogens is 3. The van der Waals surface area contributed by atoms with Crippen LogP contribution in [0.2, 0.25) is 0 Å². The number of pyridine rings is 2. The summed E-state index contributed by atoms with van der Waals surface area (Å²) in [4.78, 5) is 9.76. The van der Waals surface area contributed by atoms with E-state index in [-0.39, 0.29) is 6.04 Å². The molecule has 3 aromatic rings. The first-order valence-electron chi connectivity index (χ1n) is 10.1. The average Bonchev–Trinajstić information content (AvgIpc) is 3.03. The summed E-state index contributed by atoms with van der Waals surface area (Å²) in [5, 5.41) is 0. The van der Waals surface area contributed by atoms with Crippen LogP contribution in [0.3, 0.4) is 0 Å². The van der Waals surface area contributed by atoms with Gasteiger partial charge in [0.25, 0.3) is 0 Å². The smallest absolute Gasteiger partial charge is 0.213 e. The van der Waals surface area contributed by atoms with E-state index in [0.717, 1.165) is 45.5 Å². The molecule has 0 spiro atoms. The van der Waals surface area contributed by atoms with Gasteiger partial charge in [0.2, 0.25) is 5.88 Å². The lowest BCUT2D eigenvalue weighted by Gasteiger charge is -2.16. The molecule has 3 aromatic heterocycles. The second kappa shape index (κ2) is 9.37. The van der Waals surface area contributed by atoms with Crippen LogP contribution in [0.5, 0.6) is 5.88 Å². The lowest BCUT2D eigenvalue weighted by atomic mass is 10.0. The minimum Gasteiger partial charge on any atom is -0.475 e. The summed E-state index contributed by atoms with van der Waals surface area (Å²) in [6, 6.07) is 6.45. The Labute approximate surface area is 172 Å². The SMILES string of the molecule is CCc1nc(OCCOC)ccc1-c1nc2c(C)cn([C@@H](C)COC)c2cc1C. The minimum absolute atomic E-state index is 0.250. The molecule has 0 saturated heterocycles. The van der Waals surface area contributed by atoms with Gasteiger partial charge in [0.15, 0.2) is 0 Å². The zero-order chi connectivity index (χ0) is 21.0. The van der Waals surface area contributed by atoms with Crippen LogP contribution in [0.25, 0.3) is 22.3 Å². The van der Waals surface area contributed by atoms with Gasteiger partial charge in [-0.1, -0.05) is 6.92 Å². The second-order valence-electron chi connectivity index (χ2n) is 7.38. The number of hydrogen-bond acceptors (Lipinski definition) is 5. The van der Waals surface area contributed by atoms with Crippen molar-refractivity contribution in [2.45, 2.75) is 40.2 Å². The van der Waals surface area contributed by atoms with E-state index < -0.39 is 0 Å². The molecule has 0 aromatic carbocycles. The van der Waals surface area contributed by atoms with E-state index in [1.54, 1.807) is 14.2 Å². The average molecular weight is 398 g/mol. The van der Waals surface area contributed by atoms with Crippen LogP contribution in [0.1, 0.15) is 36.7 Å². The van der Waals surface area contributed by atoms with Crippen LogP contribution < -0.4 is 4.74 Å². The molecule has 0 fully saturated rings. The lowest BCUT2D eigenvalue weighted by Crippen LogP contribution is -2.10. The van der Waals surface area contributed by atoms with E-state index in [2.05, 4.69) is 50.6 Å². The summed E-state index contributed by atoms with van der Waals surface area (Å²) in [7, 11) is 3.39. The highest BCUT2D eigenvalue weighted by molar-refractivity contribution is 5.84. The number of methoxy groups -OCH3 is 2. The highest BCUT2D eigenvalue weighted by Gasteiger charge is 2.17. The Morgan fingerprint density at radius 1 is 1.03 bits per heavy atom. The van der Waals surface area contributed by atoms with Crippen LogP contribution in [0.15, 0.2) is 24.4 Å². The maximum Gasteiger partial charge on any atom is 0.213 e. The zero-order valence-corrected chi connectivity index (χ0v) is 18.3. The summed E-state index contributed by atoms with van der Waals surface area (Å²) >= 11 is 0. The van der Waals surface area contributed by atoms with Crippen molar-refractivity contribution in [3.05, 3.63) is 41.2 Å². The molecule has 0 radical (unpaired) electrons. The van der Waals surface area contributed by atoms with E-state index in [9.17, 15) is 0 Å². The predicted molar refractivity (Wildman–Crippen MR) is 116 cm³/mol. The summed E-state index contributed by atoms with van der Waals surface area (Å²) < 4.78 is 18.3. The highest BCUT2D eigenvalue weighted by Crippen LogP contribution is 2.31. The first kappa shape index (κ1) is 21.3. The summed E-state index contributed by atoms with van der Waals surface area (Å²) in [5.74, 6) is 0.622. The first-order valence-corrected chi connectivity index (χ1v) is 10.1. The topological polar surface area (TPSA) is 58.4 Å². The number of nitrogens with zero attached hydrogens (tertiary/aromatic N) is 3. The van der Waals surface area contributed by atoms with Gasteiger partial charge in [-0.3, -0.25) is 0 Å². The Balaban J connectivity index is 2.03. The Morgan fingerprint density at radius 2 is 1.83 bits per heavy atom. The molecule has 0 amide bonds. The third-order valence-electron chi connectivity index (χ3n) is 5.14. The van der Waals surface area contributed by atoms with Gasteiger partial charge in [0.1, 0.15) is 6.61 Å². The van der Waals surface area contributed by atoms with Crippen LogP contribution in [0.4, 0.5) is 0 Å². The fraction of sp³-hybridized carbons (Fsp3) is 0.478. The highest BCUT2D eigenvalue weighted by atomic mass is 16.5. The van der Waals surface area contributed by atoms with Gasteiger partial charge in [-0.2, -0.15) is 0 Å². The molecule has 29 heavy (non-hydrogen) atoms. The summed E-state index contributed by atoms with van der Waals surface area (Å²) in [5.41, 5.74) is 7.48. The van der Waals surface area contributed by atoms with Crippen molar-refractivity contribution in [3.8, 4) is 17.1 Å². The molecule has 0 N–H and O–H groups in total. The molecule has 0 unspecified atom stereocenters. The van der Waals surface area contributed by atoms with Gasteiger partial charge in [0, 0.05) is 32.0 Å². The van der Waals surface area contributed by atoms with E-state index >= 15 is 0 Å². The Morgan fingerprint density at radius 3 is 2.52 bits per heavy atom. The Kier molecular flexibility index (Phi) is 6.87. The number of ether oxygens (including phenoxy) is 3. The maximum absolute atomic E-state index is 5.68. The van der Waals surface area contributed by atoms with Gasteiger partial charge < -0.3 is 18.8 Å². The molecule has 0 saturated carbocycles. The minimum atomic E-state index is 0.250. The quantitative estimate of drug-likeness (QED) is 0.497. The van der Waals surface area contributed by atoms with E-state index in [0.29, 0.717) is 25.7 Å². The van der Waals surface area contributed by atoms with Gasteiger partial charge in [-0.05, 0) is 50.5 Å². The molecule has 6 nitrogen and oxygen atoms in total. The molecular weight excluding hydrogens is 366 g/mol. The third-order valence-corrected chi connectivity index (χ3v) is 5.14. The number of hydrogen-bond donors (Lipinski definition) is 0. The van der Waals surface area contributed by atoms with Gasteiger partial charge in [0.05, 0.1) is 41.7 Å². The normalized spacial score (nSPS) is 12.5. The van der Waals surface area contributed by atoms with Gasteiger partial charge >= 0.3 is 0 Å². The van der Waals surface area contributed by atoms with Crippen molar-refractivity contribution < 1.29 is 14.2 Å². The molecule has 3 rings (SSSR count). The zero-order valence-electron chi connectivity index (χ0n) is 18.3. The van der Waals surface area contributed by atoms with Crippen LogP contribution in [-0.4, -0.2) is 48.6 Å². The van der Waals surface area contributed by atoms with E-state index in [4.69, 9.17) is 24.2 Å². The van der Waals surface area contributed by atoms with Gasteiger partial charge in [-0.25, -0.2) is 9.97 Å². The molecule has 6 heteroatoms. The van der Waals surface area contributed by atoms with Crippen molar-refractivity contribution in [2.75, 3.05) is 34.0 Å². The number of rotatable bonds is 9. The van der Waals surface area contributed by atoms with Crippen molar-refractivity contribution in [2.24, 2.45) is 0 Å². The van der Waals surface area contributed by atoms with Gasteiger partial charge in [-0.15, -0.1) is 0 Å². The fourth-order valence-corrected chi connectivity index (χ4v) is 3.66. The molecule has 3 heterocycles. The Hall–Kier alpha value is -2.44. The molecule has 0 aliphatic rings.